The number of benzene rings is 2. The zero-order chi connectivity index (χ0) is 24.8. The van der Waals surface area contributed by atoms with Gasteiger partial charge in [-0.25, -0.2) is 0 Å². The van der Waals surface area contributed by atoms with Gasteiger partial charge in [-0.15, -0.1) is 0 Å². The van der Waals surface area contributed by atoms with E-state index in [0.717, 1.165) is 5.56 Å². The first-order valence-electron chi connectivity index (χ1n) is 11.6. The molecule has 1 saturated heterocycles. The molecule has 1 N–H and O–H groups in total. The third kappa shape index (κ3) is 5.25. The number of amides is 1. The van der Waals surface area contributed by atoms with Crippen LogP contribution in [0, 0.1) is 6.92 Å². The van der Waals surface area contributed by atoms with Gasteiger partial charge in [0.2, 0.25) is 0 Å². The largest absolute Gasteiger partial charge is 0.507 e. The zero-order valence-electron chi connectivity index (χ0n) is 20.5. The molecule has 1 aliphatic heterocycles. The van der Waals surface area contributed by atoms with Gasteiger partial charge in [-0.2, -0.15) is 0 Å². The van der Waals surface area contributed by atoms with Crippen LogP contribution in [0.4, 0.5) is 0 Å². The van der Waals surface area contributed by atoms with Gasteiger partial charge in [0, 0.05) is 24.3 Å². The minimum absolute atomic E-state index is 0.0443. The van der Waals surface area contributed by atoms with Gasteiger partial charge in [-0.05, 0) is 63.9 Å². The van der Waals surface area contributed by atoms with Crippen molar-refractivity contribution >= 4 is 17.4 Å². The number of hydrogen-bond donors (Lipinski definition) is 1. The summed E-state index contributed by atoms with van der Waals surface area (Å²) in [4.78, 5) is 27.8. The van der Waals surface area contributed by atoms with E-state index in [9.17, 15) is 14.7 Å². The Bertz CT molecular complexity index is 1070. The van der Waals surface area contributed by atoms with Gasteiger partial charge >= 0.3 is 0 Å². The summed E-state index contributed by atoms with van der Waals surface area (Å²) >= 11 is 0. The van der Waals surface area contributed by atoms with Crippen LogP contribution in [0.3, 0.4) is 0 Å². The third-order valence-electron chi connectivity index (χ3n) is 5.72. The second-order valence-electron chi connectivity index (χ2n) is 8.42. The summed E-state index contributed by atoms with van der Waals surface area (Å²) in [6, 6.07) is 11.6. The van der Waals surface area contributed by atoms with E-state index in [1.165, 1.54) is 12.0 Å². The Morgan fingerprint density at radius 1 is 1.12 bits per heavy atom. The first-order chi connectivity index (χ1) is 16.3. The number of rotatable bonds is 10. The first kappa shape index (κ1) is 25.3. The van der Waals surface area contributed by atoms with E-state index in [1.54, 1.807) is 24.3 Å². The van der Waals surface area contributed by atoms with Crippen LogP contribution in [-0.4, -0.2) is 54.7 Å². The number of aliphatic hydroxyl groups excluding tert-OH is 1. The zero-order valence-corrected chi connectivity index (χ0v) is 20.5. The molecule has 1 unspecified atom stereocenters. The molecule has 0 aliphatic carbocycles. The molecule has 7 heteroatoms. The number of methoxy groups -OCH3 is 1. The van der Waals surface area contributed by atoms with E-state index >= 15 is 0 Å². The van der Waals surface area contributed by atoms with Crippen LogP contribution in [0.1, 0.15) is 49.9 Å². The number of carbonyl (C=O) groups excluding carboxylic acids is 2. The van der Waals surface area contributed by atoms with Crippen molar-refractivity contribution in [2.24, 2.45) is 0 Å². The molecule has 1 amide bonds. The van der Waals surface area contributed by atoms with Crippen LogP contribution >= 0.6 is 0 Å². The molecule has 0 saturated carbocycles. The fraction of sp³-hybridized carbons (Fsp3) is 0.407. The number of para-hydroxylation sites is 1. The maximum absolute atomic E-state index is 13.2. The summed E-state index contributed by atoms with van der Waals surface area (Å²) in [5, 5.41) is 11.3. The number of likely N-dealkylation sites (tertiary alicyclic amines) is 1. The Hall–Kier alpha value is -3.32. The third-order valence-corrected chi connectivity index (χ3v) is 5.72. The van der Waals surface area contributed by atoms with E-state index in [1.807, 2.05) is 45.9 Å². The van der Waals surface area contributed by atoms with Crippen molar-refractivity contribution in [3.8, 4) is 11.5 Å². The number of Topliss-reactive ketones (excluding diaryl/α,β-unsaturated/α-hetero) is 1. The van der Waals surface area contributed by atoms with Crippen LogP contribution < -0.4 is 9.47 Å². The van der Waals surface area contributed by atoms with Gasteiger partial charge in [-0.1, -0.05) is 18.2 Å². The average molecular weight is 468 g/mol. The van der Waals surface area contributed by atoms with Gasteiger partial charge in [-0.3, -0.25) is 9.59 Å². The Balaban J connectivity index is 2.08. The molecule has 1 atom stereocenters. The van der Waals surface area contributed by atoms with Crippen LogP contribution in [0.5, 0.6) is 11.5 Å². The smallest absolute Gasteiger partial charge is 0.295 e. The Kier molecular flexibility index (Phi) is 8.34. The summed E-state index contributed by atoms with van der Waals surface area (Å²) in [5.74, 6) is -0.353. The predicted molar refractivity (Wildman–Crippen MR) is 130 cm³/mol. The quantitative estimate of drug-likeness (QED) is 0.237. The second kappa shape index (κ2) is 11.2. The lowest BCUT2D eigenvalue weighted by molar-refractivity contribution is -0.140. The van der Waals surface area contributed by atoms with Crippen molar-refractivity contribution in [3.63, 3.8) is 0 Å². The molecule has 0 bridgehead atoms. The lowest BCUT2D eigenvalue weighted by Gasteiger charge is -2.26. The van der Waals surface area contributed by atoms with Crippen molar-refractivity contribution in [3.05, 3.63) is 64.7 Å². The topological polar surface area (TPSA) is 85.3 Å². The lowest BCUT2D eigenvalue weighted by Crippen LogP contribution is -2.31. The molecule has 0 radical (unpaired) electrons. The molecule has 0 spiro atoms. The number of aryl methyl sites for hydroxylation is 1. The van der Waals surface area contributed by atoms with E-state index < -0.39 is 17.7 Å². The molecular formula is C27H33NO6. The monoisotopic (exact) mass is 467 g/mol. The predicted octanol–water partition coefficient (Wildman–Crippen LogP) is 4.64. The minimum Gasteiger partial charge on any atom is -0.507 e. The maximum Gasteiger partial charge on any atom is 0.295 e. The molecule has 2 aromatic carbocycles. The maximum atomic E-state index is 13.2. The molecule has 1 fully saturated rings. The number of ether oxygens (including phenoxy) is 3. The van der Waals surface area contributed by atoms with Crippen LogP contribution in [-0.2, 0) is 14.3 Å². The standard InChI is InChI=1S/C27H33NO6/c1-6-33-21-13-12-19(16-18(21)4)25(29)23-24(20-10-7-8-11-22(20)32-5)28(27(31)26(23)30)14-9-15-34-17(2)3/h7-8,10-13,16-17,24,29H,6,9,14-15H2,1-5H3/b25-23+. The highest BCUT2D eigenvalue weighted by Crippen LogP contribution is 2.42. The van der Waals surface area contributed by atoms with Gasteiger partial charge in [0.05, 0.1) is 31.4 Å². The molecule has 1 heterocycles. The van der Waals surface area contributed by atoms with Crippen molar-refractivity contribution in [1.82, 2.24) is 4.90 Å². The fourth-order valence-electron chi connectivity index (χ4n) is 4.15. The van der Waals surface area contributed by atoms with Crippen LogP contribution in [0.2, 0.25) is 0 Å². The van der Waals surface area contributed by atoms with Crippen LogP contribution in [0.25, 0.3) is 5.76 Å². The molecule has 7 nitrogen and oxygen atoms in total. The summed E-state index contributed by atoms with van der Waals surface area (Å²) in [6.45, 7) is 8.93. The number of nitrogens with zero attached hydrogens (tertiary/aromatic N) is 1. The molecule has 182 valence electrons. The minimum atomic E-state index is -0.776. The Morgan fingerprint density at radius 2 is 1.85 bits per heavy atom. The SMILES string of the molecule is CCOc1ccc(/C(O)=C2\C(=O)C(=O)N(CCCOC(C)C)C2c2ccccc2OC)cc1C. The molecule has 2 aromatic rings. The number of carbonyl (C=O) groups is 2. The summed E-state index contributed by atoms with van der Waals surface area (Å²) in [7, 11) is 1.54. The van der Waals surface area contributed by atoms with E-state index in [2.05, 4.69) is 0 Å². The highest BCUT2D eigenvalue weighted by atomic mass is 16.5. The van der Waals surface area contributed by atoms with Crippen molar-refractivity contribution < 1.29 is 28.9 Å². The fourth-order valence-corrected chi connectivity index (χ4v) is 4.15. The van der Waals surface area contributed by atoms with Gasteiger partial charge in [0.15, 0.2) is 0 Å². The molecule has 34 heavy (non-hydrogen) atoms. The molecule has 0 aromatic heterocycles. The van der Waals surface area contributed by atoms with E-state index in [-0.39, 0.29) is 17.4 Å². The first-order valence-corrected chi connectivity index (χ1v) is 11.6. The molecular weight excluding hydrogens is 434 g/mol. The highest BCUT2D eigenvalue weighted by molar-refractivity contribution is 6.46. The number of ketones is 1. The molecule has 3 rings (SSSR count). The number of aliphatic hydroxyl groups is 1. The van der Waals surface area contributed by atoms with Gasteiger partial charge in [0.25, 0.3) is 11.7 Å². The van der Waals surface area contributed by atoms with Crippen molar-refractivity contribution in [2.75, 3.05) is 26.9 Å². The Morgan fingerprint density at radius 3 is 2.50 bits per heavy atom. The van der Waals surface area contributed by atoms with Crippen molar-refractivity contribution in [1.29, 1.82) is 0 Å². The van der Waals surface area contributed by atoms with E-state index in [4.69, 9.17) is 14.2 Å². The average Bonchev–Trinajstić information content (AvgIpc) is 3.07. The Labute approximate surface area is 200 Å². The van der Waals surface area contributed by atoms with Crippen LogP contribution in [0.15, 0.2) is 48.0 Å². The molecule has 1 aliphatic rings. The normalized spacial score (nSPS) is 17.5. The summed E-state index contributed by atoms with van der Waals surface area (Å²) < 4.78 is 16.7. The summed E-state index contributed by atoms with van der Waals surface area (Å²) in [6.07, 6.45) is 0.627. The second-order valence-corrected chi connectivity index (χ2v) is 8.42. The van der Waals surface area contributed by atoms with Gasteiger partial charge in [0.1, 0.15) is 17.3 Å². The van der Waals surface area contributed by atoms with E-state index in [0.29, 0.717) is 48.8 Å². The highest BCUT2D eigenvalue weighted by Gasteiger charge is 2.46. The van der Waals surface area contributed by atoms with Crippen molar-refractivity contribution in [2.45, 2.75) is 46.3 Å². The number of hydrogen-bond acceptors (Lipinski definition) is 6. The van der Waals surface area contributed by atoms with Gasteiger partial charge < -0.3 is 24.2 Å². The summed E-state index contributed by atoms with van der Waals surface area (Å²) in [5.41, 5.74) is 1.95. The lowest BCUT2D eigenvalue weighted by atomic mass is 9.94.